The minimum atomic E-state index is 0.128. The first-order valence-corrected chi connectivity index (χ1v) is 12.7. The second-order valence-corrected chi connectivity index (χ2v) is 9.53. The molecule has 0 N–H and O–H groups in total. The molecule has 34 heavy (non-hydrogen) atoms. The van der Waals surface area contributed by atoms with Gasteiger partial charge in [-0.1, -0.05) is 36.4 Å². The van der Waals surface area contributed by atoms with Crippen LogP contribution in [0.15, 0.2) is 66.7 Å². The Hall–Kier alpha value is -3.05. The lowest BCUT2D eigenvalue weighted by atomic mass is 10.0. The first kappa shape index (κ1) is 22.7. The number of amides is 1. The second-order valence-electron chi connectivity index (χ2n) is 9.53. The molecule has 0 radical (unpaired) electrons. The van der Waals surface area contributed by atoms with Gasteiger partial charge in [-0.2, -0.15) is 0 Å². The molecule has 1 amide bonds. The summed E-state index contributed by atoms with van der Waals surface area (Å²) in [6.45, 7) is 8.58. The Labute approximate surface area is 202 Å². The fraction of sp³-hybridized carbons (Fsp3) is 0.414. The maximum absolute atomic E-state index is 13.2. The van der Waals surface area contributed by atoms with E-state index >= 15 is 0 Å². The molecule has 0 spiro atoms. The summed E-state index contributed by atoms with van der Waals surface area (Å²) in [7, 11) is 0. The number of fused-ring (bicyclic) bond motifs is 1. The van der Waals surface area contributed by atoms with Crippen LogP contribution in [0.2, 0.25) is 0 Å². The molecule has 0 aromatic heterocycles. The van der Waals surface area contributed by atoms with Crippen LogP contribution >= 0.6 is 0 Å². The summed E-state index contributed by atoms with van der Waals surface area (Å²) in [4.78, 5) is 20.1. The van der Waals surface area contributed by atoms with Crippen molar-refractivity contribution in [1.29, 1.82) is 0 Å². The quantitative estimate of drug-likeness (QED) is 0.465. The van der Waals surface area contributed by atoms with Crippen LogP contribution in [0.1, 0.15) is 36.5 Å². The number of benzene rings is 3. The zero-order valence-electron chi connectivity index (χ0n) is 20.2. The van der Waals surface area contributed by atoms with Gasteiger partial charge in [0, 0.05) is 50.0 Å². The van der Waals surface area contributed by atoms with Crippen LogP contribution in [0.4, 0.5) is 5.69 Å². The van der Waals surface area contributed by atoms with Crippen LogP contribution in [0, 0.1) is 0 Å². The van der Waals surface area contributed by atoms with E-state index in [9.17, 15) is 4.79 Å². The third-order valence-corrected chi connectivity index (χ3v) is 7.34. The maximum Gasteiger partial charge on any atom is 0.254 e. The van der Waals surface area contributed by atoms with Crippen LogP contribution in [0.5, 0.6) is 5.75 Å². The van der Waals surface area contributed by atoms with Crippen molar-refractivity contribution >= 4 is 22.4 Å². The minimum absolute atomic E-state index is 0.128. The number of likely N-dealkylation sites (tertiary alicyclic amines) is 1. The van der Waals surface area contributed by atoms with Crippen LogP contribution in [-0.2, 0) is 0 Å². The topological polar surface area (TPSA) is 36.0 Å². The standard InChI is InChI=1S/C29H35N3O2/c1-23-7-5-16-30(23)17-6-22-34-26-14-12-25(13-15-26)31-18-20-32(21-19-31)29(33)28-11-4-9-24-8-2-3-10-27(24)28/h2-4,8-15,23H,5-7,16-22H2,1H3. The normalized spacial score (nSPS) is 19.0. The number of carbonyl (C=O) groups excluding carboxylic acids is 1. The molecule has 0 aliphatic carbocycles. The van der Waals surface area contributed by atoms with E-state index in [1.165, 1.54) is 25.1 Å². The lowest BCUT2D eigenvalue weighted by Gasteiger charge is -2.36. The fourth-order valence-electron chi connectivity index (χ4n) is 5.29. The van der Waals surface area contributed by atoms with Gasteiger partial charge in [-0.3, -0.25) is 4.79 Å². The Bertz CT molecular complexity index is 1100. The molecule has 2 heterocycles. The van der Waals surface area contributed by atoms with Gasteiger partial charge in [-0.25, -0.2) is 0 Å². The Morgan fingerprint density at radius 2 is 1.68 bits per heavy atom. The van der Waals surface area contributed by atoms with Crippen molar-refractivity contribution in [2.24, 2.45) is 0 Å². The van der Waals surface area contributed by atoms with Crippen molar-refractivity contribution in [3.05, 3.63) is 72.3 Å². The highest BCUT2D eigenvalue weighted by Crippen LogP contribution is 2.24. The largest absolute Gasteiger partial charge is 0.494 e. The molecule has 5 nitrogen and oxygen atoms in total. The summed E-state index contributed by atoms with van der Waals surface area (Å²) in [6.07, 6.45) is 3.72. The average molecular weight is 458 g/mol. The van der Waals surface area contributed by atoms with Gasteiger partial charge in [0.15, 0.2) is 0 Å². The van der Waals surface area contributed by atoms with Crippen molar-refractivity contribution in [1.82, 2.24) is 9.80 Å². The van der Waals surface area contributed by atoms with E-state index in [1.54, 1.807) is 0 Å². The Balaban J connectivity index is 1.11. The molecule has 2 fully saturated rings. The highest BCUT2D eigenvalue weighted by Gasteiger charge is 2.23. The average Bonchev–Trinajstić information content (AvgIpc) is 3.31. The van der Waals surface area contributed by atoms with E-state index in [4.69, 9.17) is 4.74 Å². The van der Waals surface area contributed by atoms with Gasteiger partial charge in [-0.15, -0.1) is 0 Å². The van der Waals surface area contributed by atoms with Crippen LogP contribution in [-0.4, -0.2) is 67.6 Å². The number of hydrogen-bond acceptors (Lipinski definition) is 4. The highest BCUT2D eigenvalue weighted by atomic mass is 16.5. The number of rotatable bonds is 7. The van der Waals surface area contributed by atoms with Gasteiger partial charge >= 0.3 is 0 Å². The molecule has 2 saturated heterocycles. The molecule has 178 valence electrons. The molecule has 0 saturated carbocycles. The summed E-state index contributed by atoms with van der Waals surface area (Å²) >= 11 is 0. The van der Waals surface area contributed by atoms with E-state index in [0.29, 0.717) is 0 Å². The SMILES string of the molecule is CC1CCCN1CCCOc1ccc(N2CCN(C(=O)c3cccc4ccccc34)CC2)cc1. The predicted molar refractivity (Wildman–Crippen MR) is 139 cm³/mol. The zero-order chi connectivity index (χ0) is 23.3. The Morgan fingerprint density at radius 3 is 2.44 bits per heavy atom. The summed E-state index contributed by atoms with van der Waals surface area (Å²) < 4.78 is 5.98. The monoisotopic (exact) mass is 457 g/mol. The molecule has 5 rings (SSSR count). The van der Waals surface area contributed by atoms with E-state index in [0.717, 1.165) is 73.9 Å². The zero-order valence-corrected chi connectivity index (χ0v) is 20.2. The van der Waals surface area contributed by atoms with Crippen LogP contribution in [0.3, 0.4) is 0 Å². The van der Waals surface area contributed by atoms with E-state index in [1.807, 2.05) is 35.2 Å². The second kappa shape index (κ2) is 10.5. The predicted octanol–water partition coefficient (Wildman–Crippen LogP) is 5.06. The van der Waals surface area contributed by atoms with Crippen molar-refractivity contribution < 1.29 is 9.53 Å². The number of anilines is 1. The number of ether oxygens (including phenoxy) is 1. The lowest BCUT2D eigenvalue weighted by molar-refractivity contribution is 0.0749. The van der Waals surface area contributed by atoms with Crippen molar-refractivity contribution in [3.63, 3.8) is 0 Å². The molecular formula is C29H35N3O2. The molecule has 1 unspecified atom stereocenters. The smallest absolute Gasteiger partial charge is 0.254 e. The summed E-state index contributed by atoms with van der Waals surface area (Å²) in [5, 5.41) is 2.14. The molecule has 3 aromatic rings. The third-order valence-electron chi connectivity index (χ3n) is 7.34. The number of carbonyl (C=O) groups is 1. The number of piperazine rings is 1. The molecule has 0 bridgehead atoms. The van der Waals surface area contributed by atoms with E-state index in [-0.39, 0.29) is 5.91 Å². The molecule has 1 atom stereocenters. The van der Waals surface area contributed by atoms with E-state index < -0.39 is 0 Å². The van der Waals surface area contributed by atoms with Crippen molar-refractivity contribution in [2.75, 3.05) is 50.8 Å². The van der Waals surface area contributed by atoms with Gasteiger partial charge in [0.25, 0.3) is 5.91 Å². The molecule has 2 aliphatic heterocycles. The van der Waals surface area contributed by atoms with Gasteiger partial charge in [0.2, 0.25) is 0 Å². The molecular weight excluding hydrogens is 422 g/mol. The van der Waals surface area contributed by atoms with Gasteiger partial charge in [0.05, 0.1) is 6.61 Å². The molecule has 3 aromatic carbocycles. The summed E-state index contributed by atoms with van der Waals surface area (Å²) in [5.74, 6) is 1.06. The Morgan fingerprint density at radius 1 is 0.912 bits per heavy atom. The van der Waals surface area contributed by atoms with Crippen molar-refractivity contribution in [2.45, 2.75) is 32.2 Å². The summed E-state index contributed by atoms with van der Waals surface area (Å²) in [5.41, 5.74) is 1.99. The first-order valence-electron chi connectivity index (χ1n) is 12.7. The summed E-state index contributed by atoms with van der Waals surface area (Å²) in [6, 6.07) is 23.2. The van der Waals surface area contributed by atoms with Gasteiger partial charge < -0.3 is 19.4 Å². The number of hydrogen-bond donors (Lipinski definition) is 0. The van der Waals surface area contributed by atoms with Gasteiger partial charge in [-0.05, 0) is 73.8 Å². The fourth-order valence-corrected chi connectivity index (χ4v) is 5.29. The van der Waals surface area contributed by atoms with Crippen LogP contribution in [0.25, 0.3) is 10.8 Å². The third kappa shape index (κ3) is 5.05. The van der Waals surface area contributed by atoms with E-state index in [2.05, 4.69) is 53.1 Å². The molecule has 5 heteroatoms. The molecule has 2 aliphatic rings. The van der Waals surface area contributed by atoms with Gasteiger partial charge in [0.1, 0.15) is 5.75 Å². The Kier molecular flexibility index (Phi) is 7.00. The first-order chi connectivity index (χ1) is 16.7. The minimum Gasteiger partial charge on any atom is -0.494 e. The highest BCUT2D eigenvalue weighted by molar-refractivity contribution is 6.07. The lowest BCUT2D eigenvalue weighted by Crippen LogP contribution is -2.48. The van der Waals surface area contributed by atoms with Crippen LogP contribution < -0.4 is 9.64 Å². The van der Waals surface area contributed by atoms with Crippen molar-refractivity contribution in [3.8, 4) is 5.75 Å². The number of nitrogens with zero attached hydrogens (tertiary/aromatic N) is 3. The maximum atomic E-state index is 13.2.